The van der Waals surface area contributed by atoms with Gasteiger partial charge in [0.15, 0.2) is 0 Å². The lowest BCUT2D eigenvalue weighted by Gasteiger charge is -2.27. The molecule has 5 heteroatoms. The minimum Gasteiger partial charge on any atom is -0.327 e. The van der Waals surface area contributed by atoms with E-state index >= 15 is 0 Å². The first kappa shape index (κ1) is 9.97. The molecule has 0 aromatic rings. The first-order valence-corrected chi connectivity index (χ1v) is 4.52. The number of hydrogen-bond acceptors (Lipinski definition) is 3. The molecule has 0 aliphatic heterocycles. The summed E-state index contributed by atoms with van der Waals surface area (Å²) in [6, 6.07) is -0.456. The van der Waals surface area contributed by atoms with Gasteiger partial charge in [-0.1, -0.05) is 0 Å². The van der Waals surface area contributed by atoms with Crippen molar-refractivity contribution in [3.8, 4) is 0 Å². The second-order valence-corrected chi connectivity index (χ2v) is 5.08. The lowest BCUT2D eigenvalue weighted by atomic mass is 10.1. The summed E-state index contributed by atoms with van der Waals surface area (Å²) >= 11 is 0. The van der Waals surface area contributed by atoms with Crippen molar-refractivity contribution >= 4 is 16.8 Å². The molecule has 0 aliphatic carbocycles. The van der Waals surface area contributed by atoms with Gasteiger partial charge in [0.1, 0.15) is 0 Å². The summed E-state index contributed by atoms with van der Waals surface area (Å²) in [5.74, 6) is 0. The molecule has 1 atom stereocenters. The summed E-state index contributed by atoms with van der Waals surface area (Å²) in [4.78, 5) is 0. The van der Waals surface area contributed by atoms with Crippen molar-refractivity contribution < 1.29 is 8.42 Å². The second kappa shape index (κ2) is 2.55. The van der Waals surface area contributed by atoms with Crippen LogP contribution >= 0.6 is 0 Å². The molecular formula is C5H12BNO2S. The maximum atomic E-state index is 10.8. The van der Waals surface area contributed by atoms with Gasteiger partial charge in [0, 0.05) is 6.04 Å². The average Bonchev–Trinajstić information content (AvgIpc) is 1.62. The summed E-state index contributed by atoms with van der Waals surface area (Å²) < 4.78 is 20.5. The highest BCUT2D eigenvalue weighted by molar-refractivity contribution is 8.13. The van der Waals surface area contributed by atoms with Crippen molar-refractivity contribution in [2.75, 3.05) is 0 Å². The zero-order valence-corrected chi connectivity index (χ0v) is 7.27. The smallest absolute Gasteiger partial charge is 0.255 e. The van der Waals surface area contributed by atoms with Gasteiger partial charge in [-0.3, -0.25) is 0 Å². The quantitative estimate of drug-likeness (QED) is 0.561. The summed E-state index contributed by atoms with van der Waals surface area (Å²) in [5, 5.41) is 0. The van der Waals surface area contributed by atoms with Crippen molar-refractivity contribution in [1.82, 2.24) is 0 Å². The minimum atomic E-state index is -3.53. The van der Waals surface area contributed by atoms with E-state index in [9.17, 15) is 8.42 Å². The largest absolute Gasteiger partial charge is 0.327 e. The zero-order chi connectivity index (χ0) is 8.58. The van der Waals surface area contributed by atoms with Gasteiger partial charge < -0.3 is 5.73 Å². The van der Waals surface area contributed by atoms with Gasteiger partial charge in [0.25, 0.3) is 7.12 Å². The summed E-state index contributed by atoms with van der Waals surface area (Å²) in [6.07, 6.45) is 0. The fourth-order valence-corrected chi connectivity index (χ4v) is 0.777. The Bertz CT molecular complexity index is 208. The first-order chi connectivity index (χ1) is 4.19. The molecule has 2 N–H and O–H groups in total. The van der Waals surface area contributed by atoms with E-state index in [1.54, 1.807) is 6.92 Å². The predicted octanol–water partition coefficient (Wildman–Crippen LogP) is -0.390. The van der Waals surface area contributed by atoms with Crippen LogP contribution in [0.4, 0.5) is 0 Å². The Labute approximate surface area is 63.2 Å². The highest BCUT2D eigenvalue weighted by Gasteiger charge is 2.33. The first-order valence-electron chi connectivity index (χ1n) is 2.97. The van der Waals surface area contributed by atoms with Crippen LogP contribution < -0.4 is 5.73 Å². The summed E-state index contributed by atoms with van der Waals surface area (Å²) in [7, 11) is 1.38. The molecule has 0 aromatic carbocycles. The molecule has 0 heterocycles. The van der Waals surface area contributed by atoms with Crippen LogP contribution in [0.1, 0.15) is 20.8 Å². The van der Waals surface area contributed by atoms with E-state index in [0.29, 0.717) is 0 Å². The van der Waals surface area contributed by atoms with Crippen LogP contribution in [0.3, 0.4) is 0 Å². The lowest BCUT2D eigenvalue weighted by Crippen LogP contribution is -2.47. The Morgan fingerprint density at radius 2 is 1.80 bits per heavy atom. The van der Waals surface area contributed by atoms with E-state index in [2.05, 4.69) is 0 Å². The molecule has 2 radical (unpaired) electrons. The van der Waals surface area contributed by atoms with Crippen LogP contribution in [0.25, 0.3) is 0 Å². The molecule has 0 bridgehead atoms. The standard InChI is InChI=1S/C5H12BNO2S/c1-4(7)5(2,3)10(6,8)9/h4H,7H2,1-3H3. The van der Waals surface area contributed by atoms with E-state index in [-0.39, 0.29) is 0 Å². The van der Waals surface area contributed by atoms with Crippen molar-refractivity contribution in [3.63, 3.8) is 0 Å². The molecule has 0 spiro atoms. The van der Waals surface area contributed by atoms with Gasteiger partial charge in [-0.15, -0.1) is 0 Å². The molecule has 0 saturated carbocycles. The molecule has 0 fully saturated rings. The van der Waals surface area contributed by atoms with Gasteiger partial charge >= 0.3 is 0 Å². The fraction of sp³-hybridized carbons (Fsp3) is 1.00. The zero-order valence-electron chi connectivity index (χ0n) is 6.46. The average molecular weight is 161 g/mol. The Kier molecular flexibility index (Phi) is 2.54. The minimum absolute atomic E-state index is 0.456. The van der Waals surface area contributed by atoms with E-state index in [1.807, 2.05) is 0 Å². The third-order valence-electron chi connectivity index (χ3n) is 1.83. The second-order valence-electron chi connectivity index (χ2n) is 2.94. The summed E-state index contributed by atoms with van der Waals surface area (Å²) in [6.45, 7) is 4.63. The Hall–Kier alpha value is -0.0251. The fourth-order valence-electron chi connectivity index (χ4n) is 0.259. The monoisotopic (exact) mass is 161 g/mol. The topological polar surface area (TPSA) is 60.2 Å². The third-order valence-corrected chi connectivity index (χ3v) is 3.67. The van der Waals surface area contributed by atoms with Gasteiger partial charge in [-0.05, 0) is 20.8 Å². The van der Waals surface area contributed by atoms with E-state index in [1.165, 1.54) is 13.8 Å². The van der Waals surface area contributed by atoms with Crippen LogP contribution in [-0.4, -0.2) is 26.3 Å². The number of nitrogens with two attached hydrogens (primary N) is 1. The third kappa shape index (κ3) is 1.73. The molecule has 58 valence electrons. The Morgan fingerprint density at radius 1 is 1.50 bits per heavy atom. The van der Waals surface area contributed by atoms with Gasteiger partial charge in [-0.25, -0.2) is 8.42 Å². The van der Waals surface area contributed by atoms with Crippen molar-refractivity contribution in [3.05, 3.63) is 0 Å². The van der Waals surface area contributed by atoms with E-state index in [4.69, 9.17) is 12.9 Å². The lowest BCUT2D eigenvalue weighted by molar-refractivity contribution is 0.512. The predicted molar refractivity (Wildman–Crippen MR) is 42.4 cm³/mol. The number of hydrogen-bond donors (Lipinski definition) is 1. The van der Waals surface area contributed by atoms with Crippen LogP contribution in [0, 0.1) is 0 Å². The molecule has 0 aliphatic rings. The number of rotatable bonds is 2. The van der Waals surface area contributed by atoms with Crippen molar-refractivity contribution in [2.24, 2.45) is 5.73 Å². The van der Waals surface area contributed by atoms with Crippen molar-refractivity contribution in [2.45, 2.75) is 31.6 Å². The normalized spacial score (nSPS) is 16.8. The van der Waals surface area contributed by atoms with Gasteiger partial charge in [0.2, 0.25) is 0 Å². The molecule has 0 saturated heterocycles. The molecule has 1 unspecified atom stereocenters. The van der Waals surface area contributed by atoms with Crippen LogP contribution in [0.2, 0.25) is 0 Å². The summed E-state index contributed by atoms with van der Waals surface area (Å²) in [5.41, 5.74) is 5.40. The van der Waals surface area contributed by atoms with Crippen LogP contribution in [0.15, 0.2) is 0 Å². The van der Waals surface area contributed by atoms with E-state index in [0.717, 1.165) is 0 Å². The molecule has 3 nitrogen and oxygen atoms in total. The highest BCUT2D eigenvalue weighted by Crippen LogP contribution is 2.16. The van der Waals surface area contributed by atoms with E-state index < -0.39 is 20.5 Å². The Morgan fingerprint density at radius 3 is 1.80 bits per heavy atom. The van der Waals surface area contributed by atoms with Gasteiger partial charge in [0.05, 0.1) is 14.4 Å². The molecule has 10 heavy (non-hydrogen) atoms. The molecular weight excluding hydrogens is 149 g/mol. The maximum Gasteiger partial charge on any atom is 0.255 e. The van der Waals surface area contributed by atoms with Crippen molar-refractivity contribution in [1.29, 1.82) is 0 Å². The highest BCUT2D eigenvalue weighted by atomic mass is 32.2. The molecule has 0 amide bonds. The molecule has 0 rings (SSSR count). The van der Waals surface area contributed by atoms with Crippen LogP contribution in [-0.2, 0) is 9.69 Å². The molecule has 0 aromatic heterocycles. The Balaban J connectivity index is 4.76. The van der Waals surface area contributed by atoms with Gasteiger partial charge in [-0.2, -0.15) is 0 Å². The maximum absolute atomic E-state index is 10.8. The van der Waals surface area contributed by atoms with Crippen LogP contribution in [0.5, 0.6) is 0 Å². The SMILES string of the molecule is [B]S(=O)(=O)C(C)(C)C(C)N.